The molecule has 0 aromatic heterocycles. The quantitative estimate of drug-likeness (QED) is 0.404. The third kappa shape index (κ3) is 4.98. The van der Waals surface area contributed by atoms with E-state index in [1.807, 2.05) is 24.3 Å². The second-order valence-electron chi connectivity index (χ2n) is 7.97. The molecule has 1 aliphatic carbocycles. The molecule has 0 unspecified atom stereocenters. The first-order valence-electron chi connectivity index (χ1n) is 10.4. The lowest BCUT2D eigenvalue weighted by atomic mass is 9.79. The normalized spacial score (nSPS) is 20.6. The summed E-state index contributed by atoms with van der Waals surface area (Å²) in [6, 6.07) is 11.5. The summed E-state index contributed by atoms with van der Waals surface area (Å²) in [7, 11) is 0. The Labute approximate surface area is 167 Å². The van der Waals surface area contributed by atoms with Gasteiger partial charge in [-0.1, -0.05) is 42.5 Å². The molecule has 0 nitrogen and oxygen atoms in total. The lowest BCUT2D eigenvalue weighted by Gasteiger charge is -2.27. The van der Waals surface area contributed by atoms with E-state index >= 15 is 0 Å². The van der Waals surface area contributed by atoms with Gasteiger partial charge in [-0.2, -0.15) is 0 Å². The highest BCUT2D eigenvalue weighted by molar-refractivity contribution is 5.86. The number of aryl methyl sites for hydroxylation is 1. The van der Waals surface area contributed by atoms with Crippen LogP contribution in [0.1, 0.15) is 56.1 Å². The van der Waals surface area contributed by atoms with Crippen LogP contribution in [0.3, 0.4) is 0 Å². The Hall–Kier alpha value is -2.22. The van der Waals surface area contributed by atoms with Crippen LogP contribution in [0.4, 0.5) is 8.78 Å². The van der Waals surface area contributed by atoms with Gasteiger partial charge in [0.25, 0.3) is 0 Å². The van der Waals surface area contributed by atoms with E-state index in [1.165, 1.54) is 5.56 Å². The average Bonchev–Trinajstić information content (AvgIpc) is 2.75. The average molecular weight is 381 g/mol. The minimum Gasteiger partial charge on any atom is -0.208 e. The zero-order valence-electron chi connectivity index (χ0n) is 16.6. The maximum Gasteiger partial charge on any atom is 0.162 e. The largest absolute Gasteiger partial charge is 0.208 e. The van der Waals surface area contributed by atoms with Crippen molar-refractivity contribution in [3.63, 3.8) is 0 Å². The molecule has 0 spiro atoms. The molecule has 2 aromatic carbocycles. The molecule has 1 saturated carbocycles. The molecule has 0 bridgehead atoms. The van der Waals surface area contributed by atoms with Crippen molar-refractivity contribution in [3.8, 4) is 0 Å². The number of allylic oxidation sites excluding steroid dienone is 3. The summed E-state index contributed by atoms with van der Waals surface area (Å²) in [6.07, 6.45) is 11.3. The second-order valence-corrected chi connectivity index (χ2v) is 7.97. The summed E-state index contributed by atoms with van der Waals surface area (Å²) in [5.74, 6) is -0.908. The van der Waals surface area contributed by atoms with Gasteiger partial charge in [0.05, 0.1) is 0 Å². The van der Waals surface area contributed by atoms with Gasteiger partial charge in [0.1, 0.15) is 5.83 Å². The van der Waals surface area contributed by atoms with Crippen molar-refractivity contribution in [1.82, 2.24) is 0 Å². The minimum absolute atomic E-state index is 0.281. The Morgan fingerprint density at radius 1 is 0.893 bits per heavy atom. The molecular weight excluding hydrogens is 350 g/mol. The van der Waals surface area contributed by atoms with Crippen LogP contribution in [0, 0.1) is 11.8 Å². The first kappa shape index (κ1) is 20.5. The van der Waals surface area contributed by atoms with Gasteiger partial charge in [-0.3, -0.25) is 0 Å². The Morgan fingerprint density at radius 3 is 2.29 bits per heavy atom. The maximum atomic E-state index is 14.9. The Bertz CT molecular complexity index is 854. The molecule has 148 valence electrons. The highest BCUT2D eigenvalue weighted by atomic mass is 19.2. The highest BCUT2D eigenvalue weighted by Crippen LogP contribution is 2.39. The summed E-state index contributed by atoms with van der Waals surface area (Å²) in [6.45, 7) is 7.52. The Kier molecular flexibility index (Phi) is 7.19. The maximum absolute atomic E-state index is 14.9. The predicted molar refractivity (Wildman–Crippen MR) is 116 cm³/mol. The molecule has 0 N–H and O–H groups in total. The van der Waals surface area contributed by atoms with Crippen LogP contribution in [0.5, 0.6) is 0 Å². The van der Waals surface area contributed by atoms with Gasteiger partial charge in [0.2, 0.25) is 0 Å². The first-order valence-corrected chi connectivity index (χ1v) is 10.4. The summed E-state index contributed by atoms with van der Waals surface area (Å²) in [5, 5.41) is 2.00. The highest BCUT2D eigenvalue weighted by Gasteiger charge is 2.26. The molecule has 0 atom stereocenters. The minimum atomic E-state index is -0.688. The van der Waals surface area contributed by atoms with Crippen LogP contribution in [0.15, 0.2) is 67.5 Å². The monoisotopic (exact) mass is 380 g/mol. The van der Waals surface area contributed by atoms with Gasteiger partial charge in [-0.05, 0) is 79.7 Å². The smallest absolute Gasteiger partial charge is 0.162 e. The van der Waals surface area contributed by atoms with Crippen LogP contribution >= 0.6 is 0 Å². The van der Waals surface area contributed by atoms with Crippen molar-refractivity contribution >= 4 is 16.6 Å². The molecule has 2 heteroatoms. The molecular formula is C26H30F2. The lowest BCUT2D eigenvalue weighted by Crippen LogP contribution is -2.15. The van der Waals surface area contributed by atoms with E-state index in [0.29, 0.717) is 11.5 Å². The standard InChI is InChI=1S/C26H30F2/c1-3-5-7-19-9-12-21(13-10-19)25(27)26(28)24-16-15-22-17-20(8-6-4-2)11-14-23(22)18-24/h3-4,11,14-19,21H,1-2,5-10,12-13H2. The van der Waals surface area contributed by atoms with Gasteiger partial charge < -0.3 is 0 Å². The zero-order chi connectivity index (χ0) is 19.9. The molecule has 3 rings (SSSR count). The molecule has 0 amide bonds. The molecule has 0 radical (unpaired) electrons. The summed E-state index contributed by atoms with van der Waals surface area (Å²) in [4.78, 5) is 0. The summed E-state index contributed by atoms with van der Waals surface area (Å²) >= 11 is 0. The fourth-order valence-corrected chi connectivity index (χ4v) is 4.23. The molecule has 1 fully saturated rings. The number of benzene rings is 2. The van der Waals surface area contributed by atoms with Crippen LogP contribution < -0.4 is 0 Å². The van der Waals surface area contributed by atoms with E-state index in [0.717, 1.165) is 62.1 Å². The van der Waals surface area contributed by atoms with Crippen molar-refractivity contribution in [2.24, 2.45) is 11.8 Å². The first-order chi connectivity index (χ1) is 13.6. The molecule has 2 aromatic rings. The van der Waals surface area contributed by atoms with Crippen molar-refractivity contribution < 1.29 is 8.78 Å². The molecule has 28 heavy (non-hydrogen) atoms. The van der Waals surface area contributed by atoms with E-state index < -0.39 is 11.7 Å². The van der Waals surface area contributed by atoms with E-state index in [1.54, 1.807) is 12.1 Å². The molecule has 0 aliphatic heterocycles. The number of halogens is 2. The number of rotatable bonds is 8. The number of hydrogen-bond donors (Lipinski definition) is 0. The van der Waals surface area contributed by atoms with Crippen LogP contribution in [-0.2, 0) is 6.42 Å². The van der Waals surface area contributed by atoms with E-state index in [4.69, 9.17) is 0 Å². The van der Waals surface area contributed by atoms with Crippen molar-refractivity contribution in [2.45, 2.75) is 51.4 Å². The van der Waals surface area contributed by atoms with Crippen LogP contribution in [0.2, 0.25) is 0 Å². The number of fused-ring (bicyclic) bond motifs is 1. The van der Waals surface area contributed by atoms with E-state index in [-0.39, 0.29) is 5.92 Å². The third-order valence-electron chi connectivity index (χ3n) is 5.99. The molecule has 1 aliphatic rings. The van der Waals surface area contributed by atoms with Crippen molar-refractivity contribution in [3.05, 3.63) is 78.7 Å². The van der Waals surface area contributed by atoms with Gasteiger partial charge >= 0.3 is 0 Å². The zero-order valence-corrected chi connectivity index (χ0v) is 16.6. The SMILES string of the molecule is C=CCCc1ccc2cc(C(F)=C(F)C3CCC(CCC=C)CC3)ccc2c1. The third-order valence-corrected chi connectivity index (χ3v) is 5.99. The van der Waals surface area contributed by atoms with Crippen LogP contribution in [-0.4, -0.2) is 0 Å². The lowest BCUT2D eigenvalue weighted by molar-refractivity contribution is 0.263. The topological polar surface area (TPSA) is 0 Å². The summed E-state index contributed by atoms with van der Waals surface area (Å²) < 4.78 is 29.7. The van der Waals surface area contributed by atoms with E-state index in [2.05, 4.69) is 25.3 Å². The number of hydrogen-bond acceptors (Lipinski definition) is 0. The Balaban J connectivity index is 1.73. The fourth-order valence-electron chi connectivity index (χ4n) is 4.23. The summed E-state index contributed by atoms with van der Waals surface area (Å²) in [5.41, 5.74) is 1.58. The Morgan fingerprint density at radius 2 is 1.57 bits per heavy atom. The fraction of sp³-hybridized carbons (Fsp3) is 0.385. The van der Waals surface area contributed by atoms with Crippen molar-refractivity contribution in [1.29, 1.82) is 0 Å². The predicted octanol–water partition coefficient (Wildman–Crippen LogP) is 8.34. The van der Waals surface area contributed by atoms with Crippen LogP contribution in [0.25, 0.3) is 16.6 Å². The van der Waals surface area contributed by atoms with Crippen molar-refractivity contribution in [2.75, 3.05) is 0 Å². The van der Waals surface area contributed by atoms with Gasteiger partial charge in [-0.25, -0.2) is 8.78 Å². The van der Waals surface area contributed by atoms with Gasteiger partial charge in [0, 0.05) is 11.5 Å². The molecule has 0 heterocycles. The van der Waals surface area contributed by atoms with Gasteiger partial charge in [0.15, 0.2) is 5.83 Å². The molecule has 0 saturated heterocycles. The van der Waals surface area contributed by atoms with E-state index in [9.17, 15) is 8.78 Å². The van der Waals surface area contributed by atoms with Gasteiger partial charge in [-0.15, -0.1) is 13.2 Å². The second kappa shape index (κ2) is 9.82.